The van der Waals surface area contributed by atoms with Gasteiger partial charge in [-0.25, -0.2) is 8.42 Å². The fraction of sp³-hybridized carbons (Fsp3) is 0.500. The highest BCUT2D eigenvalue weighted by Gasteiger charge is 2.22. The van der Waals surface area contributed by atoms with Crippen LogP contribution in [0.1, 0.15) is 36.8 Å². The highest BCUT2D eigenvalue weighted by Crippen LogP contribution is 2.21. The van der Waals surface area contributed by atoms with E-state index in [0.29, 0.717) is 12.0 Å². The molecule has 1 aromatic rings. The van der Waals surface area contributed by atoms with E-state index in [2.05, 4.69) is 0 Å². The van der Waals surface area contributed by atoms with Crippen molar-refractivity contribution < 1.29 is 18.3 Å². The topological polar surface area (TPSA) is 71.4 Å². The fourth-order valence-electron chi connectivity index (χ4n) is 1.94. The van der Waals surface area contributed by atoms with Gasteiger partial charge in [0.25, 0.3) is 0 Å². The number of hydrogen-bond donors (Lipinski definition) is 1. The van der Waals surface area contributed by atoms with Gasteiger partial charge >= 0.3 is 5.97 Å². The predicted octanol–water partition coefficient (Wildman–Crippen LogP) is 2.38. The lowest BCUT2D eigenvalue weighted by Crippen LogP contribution is -2.18. The summed E-state index contributed by atoms with van der Waals surface area (Å²) in [6.45, 7) is 3.72. The molecule has 1 N–H and O–H groups in total. The summed E-state index contributed by atoms with van der Waals surface area (Å²) < 4.78 is 23.3. The molecule has 0 radical (unpaired) electrons. The Morgan fingerprint density at radius 3 is 2.26 bits per heavy atom. The lowest BCUT2D eigenvalue weighted by molar-refractivity contribution is -0.138. The Balaban J connectivity index is 2.80. The highest BCUT2D eigenvalue weighted by atomic mass is 32.2. The van der Waals surface area contributed by atoms with Crippen LogP contribution in [0.4, 0.5) is 0 Å². The van der Waals surface area contributed by atoms with Crippen LogP contribution >= 0.6 is 0 Å². The molecule has 1 atom stereocenters. The van der Waals surface area contributed by atoms with Crippen LogP contribution in [-0.2, 0) is 14.6 Å². The average molecular weight is 284 g/mol. The summed E-state index contributed by atoms with van der Waals surface area (Å²) in [4.78, 5) is 11.3. The molecule has 0 bridgehead atoms. The second-order valence-corrected chi connectivity index (χ2v) is 7.05. The summed E-state index contributed by atoms with van der Waals surface area (Å²) in [5.74, 6) is -1.69. The van der Waals surface area contributed by atoms with Crippen molar-refractivity contribution in [3.8, 4) is 0 Å². The maximum atomic E-state index is 11.7. The van der Waals surface area contributed by atoms with Gasteiger partial charge in [-0.15, -0.1) is 0 Å². The van der Waals surface area contributed by atoms with Gasteiger partial charge in [0, 0.05) is 5.75 Å². The van der Waals surface area contributed by atoms with Crippen LogP contribution in [0.2, 0.25) is 0 Å². The minimum absolute atomic E-state index is 0.0777. The summed E-state index contributed by atoms with van der Waals surface area (Å²) >= 11 is 0. The second-order valence-electron chi connectivity index (χ2n) is 4.74. The zero-order valence-corrected chi connectivity index (χ0v) is 12.1. The molecule has 19 heavy (non-hydrogen) atoms. The van der Waals surface area contributed by atoms with Crippen molar-refractivity contribution in [2.45, 2.75) is 32.6 Å². The summed E-state index contributed by atoms with van der Waals surface area (Å²) in [6.07, 6.45) is 0.686. The van der Waals surface area contributed by atoms with Crippen molar-refractivity contribution in [1.82, 2.24) is 0 Å². The van der Waals surface area contributed by atoms with E-state index >= 15 is 0 Å². The van der Waals surface area contributed by atoms with Crippen LogP contribution in [0.25, 0.3) is 0 Å². The summed E-state index contributed by atoms with van der Waals surface area (Å²) in [7, 11) is -3.14. The summed E-state index contributed by atoms with van der Waals surface area (Å²) in [5, 5.41) is 9.23. The second kappa shape index (κ2) is 6.70. The van der Waals surface area contributed by atoms with Crippen molar-refractivity contribution in [2.24, 2.45) is 0 Å². The average Bonchev–Trinajstić information content (AvgIpc) is 2.31. The molecule has 0 fully saturated rings. The van der Waals surface area contributed by atoms with E-state index < -0.39 is 21.7 Å². The molecule has 1 unspecified atom stereocenters. The molecular formula is C14H20O4S. The normalized spacial score (nSPS) is 13.2. The van der Waals surface area contributed by atoms with Crippen LogP contribution in [0.15, 0.2) is 24.3 Å². The number of rotatable bonds is 7. The monoisotopic (exact) mass is 284 g/mol. The van der Waals surface area contributed by atoms with E-state index in [1.165, 1.54) is 0 Å². The Morgan fingerprint density at radius 2 is 1.79 bits per heavy atom. The third kappa shape index (κ3) is 5.03. The number of carbonyl (C=O) groups is 1. The Morgan fingerprint density at radius 1 is 1.21 bits per heavy atom. The molecule has 4 nitrogen and oxygen atoms in total. The van der Waals surface area contributed by atoms with Crippen LogP contribution < -0.4 is 0 Å². The van der Waals surface area contributed by atoms with Crippen molar-refractivity contribution >= 4 is 15.8 Å². The minimum atomic E-state index is -3.14. The molecule has 0 saturated carbocycles. The van der Waals surface area contributed by atoms with Gasteiger partial charge in [0.05, 0.1) is 11.7 Å². The van der Waals surface area contributed by atoms with Gasteiger partial charge in [-0.3, -0.25) is 4.79 Å². The molecule has 0 aliphatic rings. The standard InChI is InChI=1S/C14H20O4S/c1-3-9-19(17,18)10-8-13(14(15)16)12-6-4-11(2)5-7-12/h4-7,13H,3,8-10H2,1-2H3,(H,15,16). The van der Waals surface area contributed by atoms with Gasteiger partial charge in [-0.1, -0.05) is 36.8 Å². The van der Waals surface area contributed by atoms with E-state index in [-0.39, 0.29) is 17.9 Å². The number of aliphatic carboxylic acids is 1. The highest BCUT2D eigenvalue weighted by molar-refractivity contribution is 7.91. The van der Waals surface area contributed by atoms with E-state index in [4.69, 9.17) is 0 Å². The molecule has 106 valence electrons. The first-order chi connectivity index (χ1) is 8.85. The first-order valence-corrected chi connectivity index (χ1v) is 8.17. The molecule has 1 rings (SSSR count). The van der Waals surface area contributed by atoms with Gasteiger partial charge in [-0.05, 0) is 25.3 Å². The SMILES string of the molecule is CCCS(=O)(=O)CCC(C(=O)O)c1ccc(C)cc1. The van der Waals surface area contributed by atoms with E-state index in [0.717, 1.165) is 5.56 Å². The Hall–Kier alpha value is -1.36. The third-order valence-corrected chi connectivity index (χ3v) is 4.90. The molecule has 1 aromatic carbocycles. The van der Waals surface area contributed by atoms with Gasteiger partial charge in [0.1, 0.15) is 9.84 Å². The Labute approximate surface area is 114 Å². The lowest BCUT2D eigenvalue weighted by atomic mass is 9.96. The molecule has 0 heterocycles. The van der Waals surface area contributed by atoms with Crippen molar-refractivity contribution in [1.29, 1.82) is 0 Å². The molecule has 0 aliphatic carbocycles. The maximum Gasteiger partial charge on any atom is 0.311 e. The van der Waals surface area contributed by atoms with Gasteiger partial charge < -0.3 is 5.11 Å². The van der Waals surface area contributed by atoms with Gasteiger partial charge in [0.15, 0.2) is 0 Å². The minimum Gasteiger partial charge on any atom is -0.481 e. The number of carboxylic acids is 1. The van der Waals surface area contributed by atoms with Crippen LogP contribution in [0.3, 0.4) is 0 Å². The molecule has 0 spiro atoms. The van der Waals surface area contributed by atoms with Crippen LogP contribution in [0.5, 0.6) is 0 Å². The van der Waals surface area contributed by atoms with Crippen molar-refractivity contribution in [3.05, 3.63) is 35.4 Å². The Kier molecular flexibility index (Phi) is 5.54. The number of sulfone groups is 1. The zero-order valence-electron chi connectivity index (χ0n) is 11.3. The molecule has 0 saturated heterocycles. The number of benzene rings is 1. The molecule has 0 aromatic heterocycles. The third-order valence-electron chi connectivity index (χ3n) is 3.01. The fourth-order valence-corrected chi connectivity index (χ4v) is 3.36. The lowest BCUT2D eigenvalue weighted by Gasteiger charge is -2.13. The molecular weight excluding hydrogens is 264 g/mol. The largest absolute Gasteiger partial charge is 0.481 e. The van der Waals surface area contributed by atoms with Gasteiger partial charge in [0.2, 0.25) is 0 Å². The molecule has 0 amide bonds. The quantitative estimate of drug-likeness (QED) is 0.834. The number of aryl methyl sites for hydroxylation is 1. The molecule has 0 aliphatic heterocycles. The first-order valence-electron chi connectivity index (χ1n) is 6.35. The van der Waals surface area contributed by atoms with Crippen molar-refractivity contribution in [2.75, 3.05) is 11.5 Å². The van der Waals surface area contributed by atoms with Crippen LogP contribution in [-0.4, -0.2) is 31.0 Å². The van der Waals surface area contributed by atoms with Crippen LogP contribution in [0, 0.1) is 6.92 Å². The van der Waals surface area contributed by atoms with Crippen molar-refractivity contribution in [3.63, 3.8) is 0 Å². The number of carboxylic acid groups (broad SMARTS) is 1. The first kappa shape index (κ1) is 15.7. The smallest absolute Gasteiger partial charge is 0.311 e. The maximum absolute atomic E-state index is 11.7. The zero-order chi connectivity index (χ0) is 14.5. The Bertz CT molecular complexity index is 517. The number of hydrogen-bond acceptors (Lipinski definition) is 3. The van der Waals surface area contributed by atoms with E-state index in [1.54, 1.807) is 19.1 Å². The predicted molar refractivity (Wildman–Crippen MR) is 75.1 cm³/mol. The van der Waals surface area contributed by atoms with E-state index in [1.807, 2.05) is 19.1 Å². The molecule has 5 heteroatoms. The van der Waals surface area contributed by atoms with Gasteiger partial charge in [-0.2, -0.15) is 0 Å². The summed E-state index contributed by atoms with van der Waals surface area (Å²) in [6, 6.07) is 7.18. The van der Waals surface area contributed by atoms with E-state index in [9.17, 15) is 18.3 Å². The summed E-state index contributed by atoms with van der Waals surface area (Å²) in [5.41, 5.74) is 1.70.